The van der Waals surface area contributed by atoms with Crippen LogP contribution in [0.4, 0.5) is 4.39 Å². The first kappa shape index (κ1) is 26.5. The number of amides is 1. The maximum atomic E-state index is 13.9. The average Bonchev–Trinajstić information content (AvgIpc) is 2.72. The molecule has 0 spiro atoms. The van der Waals surface area contributed by atoms with Crippen molar-refractivity contribution in [2.24, 2.45) is 4.99 Å². The Labute approximate surface area is 199 Å². The van der Waals surface area contributed by atoms with Crippen LogP contribution >= 0.6 is 24.0 Å². The second-order valence-corrected chi connectivity index (χ2v) is 6.72. The number of rotatable bonds is 9. The van der Waals surface area contributed by atoms with Crippen LogP contribution in [0.2, 0.25) is 0 Å². The van der Waals surface area contributed by atoms with Crippen molar-refractivity contribution in [2.45, 2.75) is 19.9 Å². The summed E-state index contributed by atoms with van der Waals surface area (Å²) < 4.78 is 18.9. The third-order valence-corrected chi connectivity index (χ3v) is 4.32. The molecular formula is C22H30FIN4O3. The van der Waals surface area contributed by atoms with E-state index in [1.165, 1.54) is 25.3 Å². The van der Waals surface area contributed by atoms with Gasteiger partial charge in [0.2, 0.25) is 0 Å². The first-order chi connectivity index (χ1) is 14.4. The van der Waals surface area contributed by atoms with Gasteiger partial charge in [0.25, 0.3) is 5.91 Å². The number of halogens is 2. The maximum absolute atomic E-state index is 13.9. The fourth-order valence-corrected chi connectivity index (χ4v) is 2.84. The van der Waals surface area contributed by atoms with Crippen molar-refractivity contribution in [1.82, 2.24) is 15.5 Å². The van der Waals surface area contributed by atoms with E-state index in [1.54, 1.807) is 18.2 Å². The summed E-state index contributed by atoms with van der Waals surface area (Å²) in [6.45, 7) is 4.15. The number of benzene rings is 2. The second kappa shape index (κ2) is 13.7. The van der Waals surface area contributed by atoms with Gasteiger partial charge in [-0.05, 0) is 49.2 Å². The number of aromatic hydroxyl groups is 1. The quantitative estimate of drug-likeness (QED) is 0.195. The predicted octanol–water partition coefficient (Wildman–Crippen LogP) is 3.38. The van der Waals surface area contributed by atoms with Crippen LogP contribution in [-0.2, 0) is 6.54 Å². The smallest absolute Gasteiger partial charge is 0.251 e. The Morgan fingerprint density at radius 2 is 2.00 bits per heavy atom. The van der Waals surface area contributed by atoms with Crippen LogP contribution in [0.25, 0.3) is 0 Å². The first-order valence-electron chi connectivity index (χ1n) is 9.83. The standard InChI is InChI=1S/C22H29FN4O3.HI/c1-4-24-22(27(2)15-16-9-10-20(30-3)19(23)13-16)26-12-6-11-25-21(29)17-7-5-8-18(28)14-17;/h5,7-10,13-14,28H,4,6,11-12,15H2,1-3H3,(H,24,26)(H,25,29);1H. The van der Waals surface area contributed by atoms with Crippen molar-refractivity contribution in [3.63, 3.8) is 0 Å². The van der Waals surface area contributed by atoms with E-state index in [4.69, 9.17) is 4.74 Å². The first-order valence-corrected chi connectivity index (χ1v) is 9.83. The Kier molecular flexibility index (Phi) is 11.7. The third kappa shape index (κ3) is 8.60. The molecule has 7 nitrogen and oxygen atoms in total. The van der Waals surface area contributed by atoms with Crippen LogP contribution in [-0.4, -0.2) is 55.7 Å². The van der Waals surface area contributed by atoms with Crippen LogP contribution in [0, 0.1) is 5.82 Å². The summed E-state index contributed by atoms with van der Waals surface area (Å²) in [5.74, 6) is 0.346. The topological polar surface area (TPSA) is 86.2 Å². The molecule has 31 heavy (non-hydrogen) atoms. The van der Waals surface area contributed by atoms with Crippen LogP contribution in [0.1, 0.15) is 29.3 Å². The number of phenols is 1. The fourth-order valence-electron chi connectivity index (χ4n) is 2.84. The highest BCUT2D eigenvalue weighted by Crippen LogP contribution is 2.18. The lowest BCUT2D eigenvalue weighted by atomic mass is 10.2. The summed E-state index contributed by atoms with van der Waals surface area (Å²) in [4.78, 5) is 18.5. The third-order valence-electron chi connectivity index (χ3n) is 4.32. The van der Waals surface area contributed by atoms with Gasteiger partial charge in [0.05, 0.1) is 7.11 Å². The highest BCUT2D eigenvalue weighted by atomic mass is 127. The molecule has 0 heterocycles. The second-order valence-electron chi connectivity index (χ2n) is 6.72. The summed E-state index contributed by atoms with van der Waals surface area (Å²) in [6.07, 6.45) is 0.657. The molecule has 170 valence electrons. The molecule has 2 aromatic carbocycles. The summed E-state index contributed by atoms with van der Waals surface area (Å²) in [5, 5.41) is 15.5. The largest absolute Gasteiger partial charge is 0.508 e. The molecule has 0 fully saturated rings. The molecule has 0 aliphatic carbocycles. The van der Waals surface area contributed by atoms with Gasteiger partial charge in [0.15, 0.2) is 17.5 Å². The normalized spacial score (nSPS) is 10.8. The minimum atomic E-state index is -0.396. The summed E-state index contributed by atoms with van der Waals surface area (Å²) >= 11 is 0. The van der Waals surface area contributed by atoms with Gasteiger partial charge in [0.1, 0.15) is 5.75 Å². The average molecular weight is 544 g/mol. The van der Waals surface area contributed by atoms with Crippen LogP contribution in [0.3, 0.4) is 0 Å². The molecule has 0 unspecified atom stereocenters. The molecule has 1 amide bonds. The highest BCUT2D eigenvalue weighted by Gasteiger charge is 2.09. The predicted molar refractivity (Wildman–Crippen MR) is 131 cm³/mol. The van der Waals surface area contributed by atoms with E-state index in [1.807, 2.05) is 24.9 Å². The number of nitrogens with one attached hydrogen (secondary N) is 2. The van der Waals surface area contributed by atoms with Crippen molar-refractivity contribution in [3.8, 4) is 11.5 Å². The van der Waals surface area contributed by atoms with Gasteiger partial charge >= 0.3 is 0 Å². The number of ether oxygens (including phenoxy) is 1. The zero-order valence-electron chi connectivity index (χ0n) is 18.0. The van der Waals surface area contributed by atoms with Gasteiger partial charge in [-0.2, -0.15) is 0 Å². The molecule has 0 aliphatic heterocycles. The van der Waals surface area contributed by atoms with E-state index in [0.717, 1.165) is 5.56 Å². The Hall–Kier alpha value is -2.56. The number of methoxy groups -OCH3 is 1. The Balaban J connectivity index is 0.00000480. The number of hydrogen-bond acceptors (Lipinski definition) is 4. The zero-order valence-corrected chi connectivity index (χ0v) is 20.4. The van der Waals surface area contributed by atoms with E-state index >= 15 is 0 Å². The number of carbonyl (C=O) groups excluding carboxylic acids is 1. The molecule has 0 bridgehead atoms. The molecule has 0 aromatic heterocycles. The molecule has 0 radical (unpaired) electrons. The molecule has 0 aliphatic rings. The molecule has 3 N–H and O–H groups in total. The lowest BCUT2D eigenvalue weighted by molar-refractivity contribution is 0.0953. The van der Waals surface area contributed by atoms with E-state index in [2.05, 4.69) is 15.6 Å². The number of hydrogen-bond donors (Lipinski definition) is 3. The van der Waals surface area contributed by atoms with Crippen LogP contribution in [0.15, 0.2) is 47.5 Å². The van der Waals surface area contributed by atoms with Gasteiger partial charge in [0, 0.05) is 38.8 Å². The number of aliphatic imine (C=N–C) groups is 1. The summed E-state index contributed by atoms with van der Waals surface area (Å²) in [6, 6.07) is 11.1. The molecule has 2 aromatic rings. The van der Waals surface area contributed by atoms with Crippen molar-refractivity contribution >= 4 is 35.8 Å². The minimum absolute atomic E-state index is 0. The van der Waals surface area contributed by atoms with Gasteiger partial charge in [-0.3, -0.25) is 9.79 Å². The lowest BCUT2D eigenvalue weighted by Crippen LogP contribution is -2.38. The van der Waals surface area contributed by atoms with Crippen molar-refractivity contribution < 1.29 is 19.0 Å². The van der Waals surface area contributed by atoms with Gasteiger partial charge in [-0.15, -0.1) is 24.0 Å². The van der Waals surface area contributed by atoms with Gasteiger partial charge in [-0.1, -0.05) is 12.1 Å². The number of guanidine groups is 1. The monoisotopic (exact) mass is 544 g/mol. The van der Waals surface area contributed by atoms with Crippen molar-refractivity contribution in [1.29, 1.82) is 0 Å². The number of nitrogens with zero attached hydrogens (tertiary/aromatic N) is 2. The zero-order chi connectivity index (χ0) is 21.9. The van der Waals surface area contributed by atoms with Crippen molar-refractivity contribution in [2.75, 3.05) is 33.8 Å². The van der Waals surface area contributed by atoms with Gasteiger partial charge in [-0.25, -0.2) is 4.39 Å². The molecule has 2 rings (SSSR count). The van der Waals surface area contributed by atoms with Gasteiger partial charge < -0.3 is 25.4 Å². The van der Waals surface area contributed by atoms with E-state index < -0.39 is 5.82 Å². The number of carbonyl (C=O) groups is 1. The van der Waals surface area contributed by atoms with E-state index in [9.17, 15) is 14.3 Å². The Morgan fingerprint density at radius 1 is 1.23 bits per heavy atom. The van der Waals surface area contributed by atoms with Crippen LogP contribution < -0.4 is 15.4 Å². The summed E-state index contributed by atoms with van der Waals surface area (Å²) in [5.41, 5.74) is 1.22. The Bertz CT molecular complexity index is 880. The van der Waals surface area contributed by atoms with Crippen LogP contribution in [0.5, 0.6) is 11.5 Å². The fraction of sp³-hybridized carbons (Fsp3) is 0.364. The van der Waals surface area contributed by atoms with E-state index in [-0.39, 0.29) is 41.4 Å². The molecule has 0 saturated heterocycles. The SMILES string of the molecule is CCNC(=NCCCNC(=O)c1cccc(O)c1)N(C)Cc1ccc(OC)c(F)c1.I. The molecule has 9 heteroatoms. The Morgan fingerprint density at radius 3 is 2.65 bits per heavy atom. The summed E-state index contributed by atoms with van der Waals surface area (Å²) in [7, 11) is 3.32. The lowest BCUT2D eigenvalue weighted by Gasteiger charge is -2.22. The van der Waals surface area contributed by atoms with Crippen molar-refractivity contribution in [3.05, 3.63) is 59.4 Å². The molecular weight excluding hydrogens is 514 g/mol. The number of phenolic OH excluding ortho intramolecular Hbond substituents is 1. The maximum Gasteiger partial charge on any atom is 0.251 e. The molecule has 0 saturated carbocycles. The van der Waals surface area contributed by atoms with E-state index in [0.29, 0.717) is 44.1 Å². The molecule has 0 atom stereocenters. The highest BCUT2D eigenvalue weighted by molar-refractivity contribution is 14.0. The minimum Gasteiger partial charge on any atom is -0.508 e.